The first-order valence-corrected chi connectivity index (χ1v) is 11.6. The van der Waals surface area contributed by atoms with Gasteiger partial charge in [-0.3, -0.25) is 9.25 Å². The minimum atomic E-state index is -3.45. The van der Waals surface area contributed by atoms with Crippen LogP contribution in [0, 0.1) is 6.92 Å². The number of aromatic nitrogens is 4. The number of amides is 1. The Morgan fingerprint density at radius 1 is 1.29 bits per heavy atom. The predicted octanol–water partition coefficient (Wildman–Crippen LogP) is 1.34. The van der Waals surface area contributed by atoms with E-state index >= 15 is 0 Å². The number of anilines is 1. The molecule has 1 aromatic carbocycles. The lowest BCUT2D eigenvalue weighted by Gasteiger charge is -2.31. The molecule has 1 saturated heterocycles. The number of carbonyl (C=O) groups excluding carboxylic acids is 1. The summed E-state index contributed by atoms with van der Waals surface area (Å²) in [5, 5.41) is 3.99. The first-order valence-electron chi connectivity index (χ1n) is 9.69. The highest BCUT2D eigenvalue weighted by molar-refractivity contribution is 7.92. The zero-order valence-electron chi connectivity index (χ0n) is 17.1. The maximum atomic E-state index is 12.6. The summed E-state index contributed by atoms with van der Waals surface area (Å²) >= 11 is 0. The van der Waals surface area contributed by atoms with Gasteiger partial charge >= 0.3 is 18.8 Å². The number of hydrogen-bond donors (Lipinski definition) is 1. The fraction of sp³-hybridized carbons (Fsp3) is 0.368. The van der Waals surface area contributed by atoms with E-state index in [2.05, 4.69) is 14.8 Å². The van der Waals surface area contributed by atoms with E-state index < -0.39 is 10.0 Å². The monoisotopic (exact) mass is 447 g/mol. The van der Waals surface area contributed by atoms with Crippen molar-refractivity contribution in [2.24, 2.45) is 0 Å². The number of ether oxygens (including phenoxy) is 1. The van der Waals surface area contributed by atoms with Crippen LogP contribution in [0.1, 0.15) is 18.4 Å². The molecule has 1 N–H and O–H groups in total. The summed E-state index contributed by atoms with van der Waals surface area (Å²) in [5.41, 5.74) is 1.87. The van der Waals surface area contributed by atoms with Gasteiger partial charge in [0.25, 0.3) is 0 Å². The number of carbonyl (C=O) groups is 1. The lowest BCUT2D eigenvalue weighted by Crippen LogP contribution is -2.43. The standard InChI is InChI=1S/C19H23N6O5S/c1-14-3-4-16(11-17(14)25-12-20-13-29-25)30-15-5-8-23(9-6-15)19(26)24-10-7-18(21-24)22-31(2,27)28/h3-4,7,10-13,15H,5-6,8-9H2,1-2H3,(H,21,22)/q+1. The quantitative estimate of drug-likeness (QED) is 0.586. The lowest BCUT2D eigenvalue weighted by molar-refractivity contribution is -0.785. The second-order valence-corrected chi connectivity index (χ2v) is 9.10. The molecule has 0 atom stereocenters. The molecule has 0 aliphatic carbocycles. The Balaban J connectivity index is 1.35. The van der Waals surface area contributed by atoms with Gasteiger partial charge in [-0.25, -0.2) is 13.2 Å². The number of likely N-dealkylation sites (tertiary alicyclic amines) is 1. The van der Waals surface area contributed by atoms with E-state index in [1.807, 2.05) is 25.1 Å². The molecular weight excluding hydrogens is 424 g/mol. The highest BCUT2D eigenvalue weighted by Crippen LogP contribution is 2.22. The molecule has 1 aliphatic heterocycles. The molecule has 2 aromatic heterocycles. The summed E-state index contributed by atoms with van der Waals surface area (Å²) in [7, 11) is -3.45. The predicted molar refractivity (Wildman–Crippen MR) is 109 cm³/mol. The maximum Gasteiger partial charge on any atom is 0.344 e. The fourth-order valence-electron chi connectivity index (χ4n) is 3.39. The number of hydrogen-bond acceptors (Lipinski definition) is 7. The van der Waals surface area contributed by atoms with Gasteiger partial charge in [0.2, 0.25) is 10.0 Å². The van der Waals surface area contributed by atoms with Crippen molar-refractivity contribution in [3.8, 4) is 11.4 Å². The summed E-state index contributed by atoms with van der Waals surface area (Å²) in [5.74, 6) is 0.826. The molecule has 12 heteroatoms. The molecule has 1 fully saturated rings. The Labute approximate surface area is 179 Å². The summed E-state index contributed by atoms with van der Waals surface area (Å²) in [6.07, 6.45) is 6.72. The van der Waals surface area contributed by atoms with Crippen molar-refractivity contribution < 1.29 is 27.2 Å². The Kier molecular flexibility index (Phi) is 5.63. The zero-order chi connectivity index (χ0) is 22.0. The number of rotatable bonds is 5. The summed E-state index contributed by atoms with van der Waals surface area (Å²) in [6.45, 7) is 2.99. The molecule has 3 heterocycles. The minimum absolute atomic E-state index is 0.0283. The van der Waals surface area contributed by atoms with E-state index in [4.69, 9.17) is 9.26 Å². The first-order chi connectivity index (χ1) is 14.8. The van der Waals surface area contributed by atoms with Crippen LogP contribution in [0.3, 0.4) is 0 Å². The number of piperidine rings is 1. The minimum Gasteiger partial charge on any atom is -0.490 e. The molecule has 0 unspecified atom stereocenters. The van der Waals surface area contributed by atoms with Crippen LogP contribution in [0.2, 0.25) is 0 Å². The van der Waals surface area contributed by atoms with Crippen LogP contribution >= 0.6 is 0 Å². The first kappa shape index (κ1) is 20.8. The third kappa shape index (κ3) is 5.02. The van der Waals surface area contributed by atoms with Crippen molar-refractivity contribution in [1.82, 2.24) is 19.7 Å². The van der Waals surface area contributed by atoms with Gasteiger partial charge in [-0.2, -0.15) is 4.68 Å². The van der Waals surface area contributed by atoms with Crippen LogP contribution in [0.15, 0.2) is 47.7 Å². The molecule has 0 spiro atoms. The molecule has 3 aromatic rings. The molecule has 1 amide bonds. The van der Waals surface area contributed by atoms with Gasteiger partial charge < -0.3 is 9.64 Å². The molecule has 1 aliphatic rings. The van der Waals surface area contributed by atoms with Crippen LogP contribution in [0.25, 0.3) is 5.69 Å². The average molecular weight is 447 g/mol. The zero-order valence-corrected chi connectivity index (χ0v) is 17.9. The number of sulfonamides is 1. The van der Waals surface area contributed by atoms with Crippen LogP contribution in [-0.4, -0.2) is 59.6 Å². The topological polar surface area (TPSA) is 123 Å². The molecule has 0 saturated carbocycles. The van der Waals surface area contributed by atoms with Gasteiger partial charge in [-0.05, 0) is 22.7 Å². The van der Waals surface area contributed by atoms with Crippen molar-refractivity contribution in [2.75, 3.05) is 24.1 Å². The molecule has 31 heavy (non-hydrogen) atoms. The lowest BCUT2D eigenvalue weighted by atomic mass is 10.1. The molecule has 11 nitrogen and oxygen atoms in total. The maximum absolute atomic E-state index is 12.6. The van der Waals surface area contributed by atoms with E-state index in [0.29, 0.717) is 25.9 Å². The van der Waals surface area contributed by atoms with Crippen molar-refractivity contribution >= 4 is 21.9 Å². The van der Waals surface area contributed by atoms with E-state index in [9.17, 15) is 13.2 Å². The normalized spacial score (nSPS) is 15.1. The molecule has 164 valence electrons. The number of nitrogens with zero attached hydrogens (tertiary/aromatic N) is 5. The number of benzene rings is 1. The van der Waals surface area contributed by atoms with Crippen molar-refractivity contribution in [1.29, 1.82) is 0 Å². The van der Waals surface area contributed by atoms with Crippen LogP contribution < -0.4 is 14.2 Å². The Hall–Kier alpha value is -3.41. The van der Waals surface area contributed by atoms with Crippen molar-refractivity contribution in [3.63, 3.8) is 0 Å². The van der Waals surface area contributed by atoms with E-state index in [1.165, 1.54) is 18.7 Å². The highest BCUT2D eigenvalue weighted by atomic mass is 32.2. The average Bonchev–Trinajstić information content (AvgIpc) is 3.40. The van der Waals surface area contributed by atoms with Crippen LogP contribution in [-0.2, 0) is 10.0 Å². The SMILES string of the molecule is Cc1ccc(OC2CCN(C(=O)n3ccc(NS(C)(=O)=O)n3)CC2)cc1-[n+]1cnco1. The summed E-state index contributed by atoms with van der Waals surface area (Å²) in [6, 6.07) is 6.90. The molecular formula is C19H23N6O5S+. The van der Waals surface area contributed by atoms with Crippen LogP contribution in [0.4, 0.5) is 10.6 Å². The van der Waals surface area contributed by atoms with Crippen molar-refractivity contribution in [3.05, 3.63) is 48.7 Å². The van der Waals surface area contributed by atoms with Gasteiger partial charge in [0, 0.05) is 49.8 Å². The number of aryl methyl sites for hydroxylation is 1. The second-order valence-electron chi connectivity index (χ2n) is 7.36. The van der Waals surface area contributed by atoms with Gasteiger partial charge in [-0.15, -0.1) is 5.10 Å². The largest absolute Gasteiger partial charge is 0.490 e. The van der Waals surface area contributed by atoms with Gasteiger partial charge in [0.15, 0.2) is 11.5 Å². The summed E-state index contributed by atoms with van der Waals surface area (Å²) in [4.78, 5) is 18.2. The fourth-order valence-corrected chi connectivity index (χ4v) is 3.88. The molecule has 4 rings (SSSR count). The van der Waals surface area contributed by atoms with Gasteiger partial charge in [0.05, 0.1) is 6.26 Å². The highest BCUT2D eigenvalue weighted by Gasteiger charge is 2.26. The molecule has 0 radical (unpaired) electrons. The van der Waals surface area contributed by atoms with E-state index in [-0.39, 0.29) is 18.0 Å². The van der Waals surface area contributed by atoms with Gasteiger partial charge in [0.1, 0.15) is 11.9 Å². The Morgan fingerprint density at radius 2 is 2.06 bits per heavy atom. The third-order valence-electron chi connectivity index (χ3n) is 4.90. The summed E-state index contributed by atoms with van der Waals surface area (Å²) < 4.78 is 39.0. The second kappa shape index (κ2) is 8.38. The number of nitrogens with one attached hydrogen (secondary N) is 1. The Morgan fingerprint density at radius 3 is 2.74 bits per heavy atom. The van der Waals surface area contributed by atoms with Crippen molar-refractivity contribution in [2.45, 2.75) is 25.9 Å². The van der Waals surface area contributed by atoms with Gasteiger partial charge in [-0.1, -0.05) is 6.07 Å². The smallest absolute Gasteiger partial charge is 0.344 e. The third-order valence-corrected chi connectivity index (χ3v) is 5.48. The Bertz CT molecular complexity index is 1170. The molecule has 0 bridgehead atoms. The van der Waals surface area contributed by atoms with E-state index in [1.54, 1.807) is 16.0 Å². The van der Waals surface area contributed by atoms with E-state index in [0.717, 1.165) is 27.9 Å². The van der Waals surface area contributed by atoms with Crippen LogP contribution in [0.5, 0.6) is 5.75 Å².